The Labute approximate surface area is 155 Å². The Bertz CT molecular complexity index is 383. The molecule has 0 aromatic heterocycles. The van der Waals surface area contributed by atoms with Crippen molar-refractivity contribution in [2.24, 2.45) is 0 Å². The van der Waals surface area contributed by atoms with Crippen LogP contribution < -0.4 is 0 Å². The monoisotopic (exact) mass is 380 g/mol. The smallest absolute Gasteiger partial charge is 0.267 e. The third kappa shape index (κ3) is 18.4. The molecule has 0 spiro atoms. The van der Waals surface area contributed by atoms with Gasteiger partial charge in [-0.3, -0.25) is 4.55 Å². The van der Waals surface area contributed by atoms with Crippen molar-refractivity contribution in [1.29, 1.82) is 0 Å². The van der Waals surface area contributed by atoms with E-state index in [0.29, 0.717) is 0 Å². The molecule has 0 aromatic carbocycles. The van der Waals surface area contributed by atoms with Gasteiger partial charge in [0.25, 0.3) is 10.1 Å². The molecule has 0 aliphatic carbocycles. The molecule has 0 amide bonds. The molecule has 2 unspecified atom stereocenters. The molecule has 0 rings (SSSR count). The largest absolute Gasteiger partial charge is 0.394 e. The lowest BCUT2D eigenvalue weighted by Crippen LogP contribution is -2.30. The maximum atomic E-state index is 10.8. The predicted octanol–water partition coefficient (Wildman–Crippen LogP) is 4.73. The Morgan fingerprint density at radius 3 is 1.68 bits per heavy atom. The number of unbranched alkanes of at least 4 members (excludes halogenated alkanes) is 11. The van der Waals surface area contributed by atoms with E-state index in [2.05, 4.69) is 6.92 Å². The lowest BCUT2D eigenvalue weighted by Gasteiger charge is -2.19. The first kappa shape index (κ1) is 24.8. The van der Waals surface area contributed by atoms with Crippen LogP contribution >= 0.6 is 0 Å². The second-order valence-electron chi connectivity index (χ2n) is 7.18. The van der Waals surface area contributed by atoms with Gasteiger partial charge in [0.1, 0.15) is 5.75 Å². The summed E-state index contributed by atoms with van der Waals surface area (Å²) in [5.41, 5.74) is 0. The van der Waals surface area contributed by atoms with Crippen molar-refractivity contribution in [3.8, 4) is 0 Å². The van der Waals surface area contributed by atoms with Gasteiger partial charge in [0.15, 0.2) is 0 Å². The van der Waals surface area contributed by atoms with E-state index in [1.807, 2.05) is 6.92 Å². The fourth-order valence-electron chi connectivity index (χ4n) is 3.04. The first-order valence-electron chi connectivity index (χ1n) is 10.1. The summed E-state index contributed by atoms with van der Waals surface area (Å²) < 4.78 is 35.9. The minimum Gasteiger partial charge on any atom is -0.394 e. The van der Waals surface area contributed by atoms with E-state index in [0.717, 1.165) is 19.3 Å². The summed E-state index contributed by atoms with van der Waals surface area (Å²) in [5.74, 6) is -0.549. The molecule has 2 N–H and O–H groups in total. The number of rotatable bonds is 18. The maximum absolute atomic E-state index is 10.8. The van der Waals surface area contributed by atoms with Gasteiger partial charge in [0, 0.05) is 0 Å². The highest BCUT2D eigenvalue weighted by Gasteiger charge is 2.19. The molecule has 2 atom stereocenters. The Kier molecular flexibility index (Phi) is 15.9. The molecule has 6 heteroatoms. The second-order valence-corrected chi connectivity index (χ2v) is 8.67. The van der Waals surface area contributed by atoms with E-state index < -0.39 is 28.6 Å². The molecule has 0 saturated carbocycles. The Morgan fingerprint density at radius 1 is 0.840 bits per heavy atom. The van der Waals surface area contributed by atoms with Crippen molar-refractivity contribution < 1.29 is 22.8 Å². The fourth-order valence-corrected chi connectivity index (χ4v) is 3.69. The number of hydrogen-bond acceptors (Lipinski definition) is 4. The fraction of sp³-hybridized carbons (Fsp3) is 1.00. The molecule has 0 saturated heterocycles. The number of aliphatic hydroxyl groups excluding tert-OH is 1. The summed E-state index contributed by atoms with van der Waals surface area (Å²) in [6, 6.07) is 0. The molecule has 5 nitrogen and oxygen atoms in total. The van der Waals surface area contributed by atoms with Crippen molar-refractivity contribution in [3.05, 3.63) is 0 Å². The normalized spacial score (nSPS) is 14.6. The predicted molar refractivity (Wildman–Crippen MR) is 104 cm³/mol. The minimum absolute atomic E-state index is 0.109. The third-order valence-corrected chi connectivity index (χ3v) is 5.28. The molecule has 25 heavy (non-hydrogen) atoms. The summed E-state index contributed by atoms with van der Waals surface area (Å²) >= 11 is 0. The first-order valence-corrected chi connectivity index (χ1v) is 11.7. The molecule has 0 aromatic rings. The van der Waals surface area contributed by atoms with Gasteiger partial charge in [-0.05, 0) is 13.3 Å². The van der Waals surface area contributed by atoms with E-state index >= 15 is 0 Å². The van der Waals surface area contributed by atoms with Gasteiger partial charge in [-0.2, -0.15) is 8.42 Å². The van der Waals surface area contributed by atoms with E-state index in [1.54, 1.807) is 0 Å². The Morgan fingerprint density at radius 2 is 1.28 bits per heavy atom. The number of ether oxygens (including phenoxy) is 1. The van der Waals surface area contributed by atoms with E-state index in [4.69, 9.17) is 14.4 Å². The lowest BCUT2D eigenvalue weighted by molar-refractivity contribution is -0.0234. The first-order chi connectivity index (χ1) is 11.9. The van der Waals surface area contributed by atoms with Gasteiger partial charge < -0.3 is 9.84 Å². The van der Waals surface area contributed by atoms with Gasteiger partial charge in [-0.1, -0.05) is 84.0 Å². The van der Waals surface area contributed by atoms with Crippen molar-refractivity contribution in [1.82, 2.24) is 0 Å². The van der Waals surface area contributed by atoms with Gasteiger partial charge in [-0.15, -0.1) is 0 Å². The average molecular weight is 381 g/mol. The maximum Gasteiger partial charge on any atom is 0.267 e. The zero-order valence-electron chi connectivity index (χ0n) is 16.3. The zero-order valence-corrected chi connectivity index (χ0v) is 17.1. The highest BCUT2D eigenvalue weighted by atomic mass is 32.2. The van der Waals surface area contributed by atoms with Crippen molar-refractivity contribution in [2.75, 3.05) is 12.4 Å². The summed E-state index contributed by atoms with van der Waals surface area (Å²) in [5, 5.41) is 9.11. The molecule has 0 fully saturated rings. The standard InChI is InChI=1S/C19H40O5S/c1-3-4-5-6-7-8-9-10-11-12-13-14-15-18(2)24-19(16-20)17-25(21,22)23/h18-20H,3-17H2,1-2H3,(H,21,22,23). The number of aliphatic hydroxyl groups is 1. The van der Waals surface area contributed by atoms with Crippen molar-refractivity contribution >= 4 is 10.1 Å². The SMILES string of the molecule is CCCCCCCCCCCCCCC(C)OC(CO)CS(=O)(=O)O. The van der Waals surface area contributed by atoms with Crippen LogP contribution in [0.3, 0.4) is 0 Å². The second kappa shape index (κ2) is 16.0. The van der Waals surface area contributed by atoms with E-state index in [-0.39, 0.29) is 6.10 Å². The molecule has 0 bridgehead atoms. The molecule has 0 heterocycles. The van der Waals surface area contributed by atoms with Crippen LogP contribution in [0.1, 0.15) is 97.3 Å². The molecule has 0 aliphatic rings. The summed E-state index contributed by atoms with van der Waals surface area (Å²) in [4.78, 5) is 0. The minimum atomic E-state index is -4.11. The van der Waals surface area contributed by atoms with Crippen LogP contribution in [0.15, 0.2) is 0 Å². The summed E-state index contributed by atoms with van der Waals surface area (Å²) in [6.07, 6.45) is 15.5. The summed E-state index contributed by atoms with van der Waals surface area (Å²) in [6.45, 7) is 3.73. The highest BCUT2D eigenvalue weighted by Crippen LogP contribution is 2.14. The topological polar surface area (TPSA) is 83.8 Å². The van der Waals surface area contributed by atoms with Crippen LogP contribution in [-0.2, 0) is 14.9 Å². The quantitative estimate of drug-likeness (QED) is 0.265. The van der Waals surface area contributed by atoms with Gasteiger partial charge in [0.05, 0.1) is 18.8 Å². The Hall–Kier alpha value is -0.170. The molecular formula is C19H40O5S. The molecule has 0 aliphatic heterocycles. The van der Waals surface area contributed by atoms with Gasteiger partial charge in [0.2, 0.25) is 0 Å². The Balaban J connectivity index is 3.46. The molecular weight excluding hydrogens is 340 g/mol. The van der Waals surface area contributed by atoms with E-state index in [1.165, 1.54) is 64.2 Å². The molecule has 0 radical (unpaired) electrons. The van der Waals surface area contributed by atoms with Crippen LogP contribution in [0, 0.1) is 0 Å². The third-order valence-electron chi connectivity index (χ3n) is 4.49. The van der Waals surface area contributed by atoms with Crippen LogP contribution in [0.4, 0.5) is 0 Å². The zero-order chi connectivity index (χ0) is 19.0. The van der Waals surface area contributed by atoms with Gasteiger partial charge >= 0.3 is 0 Å². The average Bonchev–Trinajstić information content (AvgIpc) is 2.54. The van der Waals surface area contributed by atoms with Crippen LogP contribution in [0.5, 0.6) is 0 Å². The summed E-state index contributed by atoms with van der Waals surface area (Å²) in [7, 11) is -4.11. The van der Waals surface area contributed by atoms with Gasteiger partial charge in [-0.25, -0.2) is 0 Å². The highest BCUT2D eigenvalue weighted by molar-refractivity contribution is 7.85. The van der Waals surface area contributed by atoms with Crippen LogP contribution in [-0.4, -0.2) is 42.6 Å². The molecule has 152 valence electrons. The lowest BCUT2D eigenvalue weighted by atomic mass is 10.0. The van der Waals surface area contributed by atoms with E-state index in [9.17, 15) is 8.42 Å². The van der Waals surface area contributed by atoms with Crippen LogP contribution in [0.25, 0.3) is 0 Å². The van der Waals surface area contributed by atoms with Crippen molar-refractivity contribution in [3.63, 3.8) is 0 Å². The van der Waals surface area contributed by atoms with Crippen molar-refractivity contribution in [2.45, 2.75) is 110 Å². The van der Waals surface area contributed by atoms with Crippen LogP contribution in [0.2, 0.25) is 0 Å². The number of hydrogen-bond donors (Lipinski definition) is 2.